The molecule has 0 atom stereocenters. The number of aromatic hydroxyl groups is 1. The predicted molar refractivity (Wildman–Crippen MR) is 99.2 cm³/mol. The molecule has 0 aliphatic heterocycles. The summed E-state index contributed by atoms with van der Waals surface area (Å²) in [6, 6.07) is 7.67. The van der Waals surface area contributed by atoms with Crippen molar-refractivity contribution in [3.05, 3.63) is 29.8 Å². The van der Waals surface area contributed by atoms with E-state index in [1.54, 1.807) is 6.07 Å². The zero-order valence-corrected chi connectivity index (χ0v) is 15.5. The van der Waals surface area contributed by atoms with E-state index in [0.29, 0.717) is 5.75 Å². The Kier molecular flexibility index (Phi) is 19.6. The molecule has 0 heterocycles. The van der Waals surface area contributed by atoms with E-state index in [1.807, 2.05) is 32.0 Å². The van der Waals surface area contributed by atoms with Crippen LogP contribution in [0.2, 0.25) is 0 Å². The van der Waals surface area contributed by atoms with Crippen LogP contribution in [-0.4, -0.2) is 18.3 Å². The molecule has 1 aromatic rings. The number of para-hydroxylation sites is 1. The van der Waals surface area contributed by atoms with Crippen molar-refractivity contribution in [2.75, 3.05) is 13.2 Å². The highest BCUT2D eigenvalue weighted by Crippen LogP contribution is 2.18. The molecule has 0 aliphatic carbocycles. The molecule has 1 aromatic carbocycles. The Morgan fingerprint density at radius 1 is 0.818 bits per heavy atom. The van der Waals surface area contributed by atoms with Gasteiger partial charge in [-0.3, -0.25) is 0 Å². The van der Waals surface area contributed by atoms with E-state index in [1.165, 1.54) is 44.9 Å². The zero-order valence-electron chi connectivity index (χ0n) is 14.6. The molecule has 0 saturated heterocycles. The first-order valence-electron chi connectivity index (χ1n) is 8.60. The first-order valence-corrected chi connectivity index (χ1v) is 8.60. The number of hydrogen-bond donors (Lipinski definition) is 1. The van der Waals surface area contributed by atoms with E-state index in [4.69, 9.17) is 4.74 Å². The van der Waals surface area contributed by atoms with Crippen molar-refractivity contribution in [3.8, 4) is 5.75 Å². The van der Waals surface area contributed by atoms with Crippen LogP contribution in [0.5, 0.6) is 5.75 Å². The van der Waals surface area contributed by atoms with Gasteiger partial charge in [0, 0.05) is 13.2 Å². The lowest BCUT2D eigenvalue weighted by Gasteiger charge is -2.04. The fraction of sp³-hybridized carbons (Fsp3) is 0.684. The summed E-state index contributed by atoms with van der Waals surface area (Å²) in [5.74, 6) is 0.452. The summed E-state index contributed by atoms with van der Waals surface area (Å²) in [5, 5.41) is 9.58. The van der Waals surface area contributed by atoms with Gasteiger partial charge in [0.2, 0.25) is 0 Å². The molecule has 0 amide bonds. The molecule has 0 bridgehead atoms. The van der Waals surface area contributed by atoms with Gasteiger partial charge in [-0.1, -0.05) is 63.6 Å². The number of ether oxygens (including phenoxy) is 1. The number of unbranched alkanes of at least 4 members (excludes halogenated alkanes) is 6. The zero-order chi connectivity index (χ0) is 15.8. The fourth-order valence-electron chi connectivity index (χ4n) is 2.20. The normalized spacial score (nSPS) is 9.59. The highest BCUT2D eigenvalue weighted by Gasteiger charge is 1.98. The Morgan fingerprint density at radius 2 is 1.36 bits per heavy atom. The van der Waals surface area contributed by atoms with Gasteiger partial charge in [0.25, 0.3) is 0 Å². The summed E-state index contributed by atoms with van der Waals surface area (Å²) in [6.45, 7) is 7.91. The fourth-order valence-corrected chi connectivity index (χ4v) is 2.20. The second-order valence-electron chi connectivity index (χ2n) is 5.28. The highest BCUT2D eigenvalue weighted by molar-refractivity contribution is 5.85. The van der Waals surface area contributed by atoms with Crippen LogP contribution in [0, 0.1) is 0 Å². The maximum absolute atomic E-state index is 9.58. The number of benzene rings is 1. The Morgan fingerprint density at radius 3 is 1.86 bits per heavy atom. The van der Waals surface area contributed by atoms with Crippen LogP contribution in [-0.2, 0) is 11.2 Å². The second kappa shape index (κ2) is 18.3. The third-order valence-electron chi connectivity index (χ3n) is 3.45. The van der Waals surface area contributed by atoms with Crippen molar-refractivity contribution in [3.63, 3.8) is 0 Å². The van der Waals surface area contributed by atoms with Crippen LogP contribution >= 0.6 is 12.4 Å². The summed E-state index contributed by atoms with van der Waals surface area (Å²) in [4.78, 5) is 0. The smallest absolute Gasteiger partial charge is 0.118 e. The van der Waals surface area contributed by atoms with Gasteiger partial charge in [0.15, 0.2) is 0 Å². The molecule has 0 spiro atoms. The molecule has 1 rings (SSSR count). The van der Waals surface area contributed by atoms with Gasteiger partial charge in [0.1, 0.15) is 5.75 Å². The minimum atomic E-state index is 0. The summed E-state index contributed by atoms with van der Waals surface area (Å²) >= 11 is 0. The van der Waals surface area contributed by atoms with Crippen LogP contribution < -0.4 is 0 Å². The summed E-state index contributed by atoms with van der Waals surface area (Å²) in [5.41, 5.74) is 1.09. The number of phenolic OH excluding ortho intramolecular Hbond substituents is 1. The number of hydrogen-bond acceptors (Lipinski definition) is 2. The topological polar surface area (TPSA) is 29.5 Å². The molecule has 1 N–H and O–H groups in total. The summed E-state index contributed by atoms with van der Waals surface area (Å²) in [6.07, 6.45) is 10.3. The van der Waals surface area contributed by atoms with Crippen molar-refractivity contribution in [1.29, 1.82) is 0 Å². The Labute approximate surface area is 143 Å². The third-order valence-corrected chi connectivity index (χ3v) is 3.45. The van der Waals surface area contributed by atoms with Gasteiger partial charge in [-0.25, -0.2) is 0 Å². The van der Waals surface area contributed by atoms with Crippen molar-refractivity contribution in [1.82, 2.24) is 0 Å². The van der Waals surface area contributed by atoms with E-state index < -0.39 is 0 Å². The first kappa shape index (κ1) is 23.5. The maximum atomic E-state index is 9.58. The van der Waals surface area contributed by atoms with E-state index in [0.717, 1.165) is 25.2 Å². The van der Waals surface area contributed by atoms with Crippen molar-refractivity contribution >= 4 is 12.4 Å². The maximum Gasteiger partial charge on any atom is 0.118 e. The number of halogens is 1. The van der Waals surface area contributed by atoms with Crippen LogP contribution in [0.25, 0.3) is 0 Å². The molecule has 22 heavy (non-hydrogen) atoms. The monoisotopic (exact) mass is 330 g/mol. The van der Waals surface area contributed by atoms with Gasteiger partial charge in [-0.05, 0) is 38.3 Å². The lowest BCUT2D eigenvalue weighted by atomic mass is 10.0. The van der Waals surface area contributed by atoms with Crippen LogP contribution in [0.1, 0.15) is 71.3 Å². The molecular formula is C19H35ClO2. The summed E-state index contributed by atoms with van der Waals surface area (Å²) < 4.78 is 4.83. The molecule has 0 unspecified atom stereocenters. The molecule has 0 aromatic heterocycles. The van der Waals surface area contributed by atoms with Gasteiger partial charge in [0.05, 0.1) is 0 Å². The number of aryl methyl sites for hydroxylation is 1. The van der Waals surface area contributed by atoms with Gasteiger partial charge >= 0.3 is 0 Å². The van der Waals surface area contributed by atoms with E-state index >= 15 is 0 Å². The molecular weight excluding hydrogens is 296 g/mol. The van der Waals surface area contributed by atoms with E-state index in [-0.39, 0.29) is 12.4 Å². The minimum Gasteiger partial charge on any atom is -0.508 e. The van der Waals surface area contributed by atoms with Gasteiger partial charge < -0.3 is 9.84 Å². The second-order valence-corrected chi connectivity index (χ2v) is 5.28. The molecule has 3 heteroatoms. The van der Waals surface area contributed by atoms with Gasteiger partial charge in [-0.15, -0.1) is 12.4 Å². The minimum absolute atomic E-state index is 0. The molecule has 0 aliphatic rings. The molecule has 130 valence electrons. The predicted octanol–water partition coefficient (Wildman–Crippen LogP) is 6.15. The Balaban J connectivity index is 0. The molecule has 2 nitrogen and oxygen atoms in total. The van der Waals surface area contributed by atoms with Crippen molar-refractivity contribution in [2.24, 2.45) is 0 Å². The number of phenols is 1. The van der Waals surface area contributed by atoms with Crippen molar-refractivity contribution in [2.45, 2.75) is 72.1 Å². The molecule has 0 saturated carbocycles. The number of rotatable bonds is 10. The van der Waals surface area contributed by atoms with Crippen LogP contribution in [0.4, 0.5) is 0 Å². The standard InChI is InChI=1S/C15H24O.C4H10O.ClH/c1-2-3-4-5-6-7-8-11-14-12-9-10-13-15(14)16;1-3-5-4-2;/h9-10,12-13,16H,2-8,11H2,1H3;3-4H2,1-2H3;1H. The van der Waals surface area contributed by atoms with Crippen LogP contribution in [0.15, 0.2) is 24.3 Å². The quantitative estimate of drug-likeness (QED) is 0.521. The lowest BCUT2D eigenvalue weighted by Crippen LogP contribution is -1.87. The van der Waals surface area contributed by atoms with Gasteiger partial charge in [-0.2, -0.15) is 0 Å². The Hall–Kier alpha value is -0.730. The average molecular weight is 331 g/mol. The average Bonchev–Trinajstić information content (AvgIpc) is 2.49. The SMILES string of the molecule is CCCCCCCCCc1ccccc1O.CCOCC.Cl. The van der Waals surface area contributed by atoms with Crippen LogP contribution in [0.3, 0.4) is 0 Å². The van der Waals surface area contributed by atoms with E-state index in [2.05, 4.69) is 6.92 Å². The third kappa shape index (κ3) is 14.2. The van der Waals surface area contributed by atoms with Crippen molar-refractivity contribution < 1.29 is 9.84 Å². The molecule has 0 radical (unpaired) electrons. The first-order chi connectivity index (χ1) is 10.3. The summed E-state index contributed by atoms with van der Waals surface area (Å²) in [7, 11) is 0. The highest BCUT2D eigenvalue weighted by atomic mass is 35.5. The molecule has 0 fully saturated rings. The largest absolute Gasteiger partial charge is 0.508 e. The van der Waals surface area contributed by atoms with E-state index in [9.17, 15) is 5.11 Å². The lowest BCUT2D eigenvalue weighted by molar-refractivity contribution is 0.162. The Bertz CT molecular complexity index is 327.